The summed E-state index contributed by atoms with van der Waals surface area (Å²) in [6.45, 7) is 7.77. The average Bonchev–Trinajstić information content (AvgIpc) is 2.71. The largest absolute Gasteiger partial charge is 0.306 e. The first kappa shape index (κ1) is 22.5. The van der Waals surface area contributed by atoms with Gasteiger partial charge in [0.25, 0.3) is 5.91 Å². The molecule has 1 aromatic rings. The van der Waals surface area contributed by atoms with Crippen LogP contribution in [0.3, 0.4) is 0 Å². The van der Waals surface area contributed by atoms with Gasteiger partial charge in [-0.1, -0.05) is 13.8 Å². The molecule has 1 aromatic carbocycles. The third-order valence-electron chi connectivity index (χ3n) is 5.66. The summed E-state index contributed by atoms with van der Waals surface area (Å²) in [4.78, 5) is 14.7. The molecule has 1 fully saturated rings. The van der Waals surface area contributed by atoms with Gasteiger partial charge in [0.1, 0.15) is 0 Å². The minimum Gasteiger partial charge on any atom is -0.306 e. The molecule has 0 spiro atoms. The number of piperidine rings is 1. The molecule has 1 aliphatic heterocycles. The number of nitrogens with one attached hydrogen (secondary N) is 1. The Morgan fingerprint density at radius 1 is 1.29 bits per heavy atom. The van der Waals surface area contributed by atoms with Gasteiger partial charge in [0, 0.05) is 24.4 Å². The first-order valence-electron chi connectivity index (χ1n) is 9.78. The van der Waals surface area contributed by atoms with Crippen molar-refractivity contribution in [2.75, 3.05) is 27.2 Å². The Morgan fingerprint density at radius 3 is 2.39 bits per heavy atom. The molecule has 1 aliphatic rings. The van der Waals surface area contributed by atoms with E-state index in [0.717, 1.165) is 38.1 Å². The third-order valence-corrected chi connectivity index (χ3v) is 7.58. The van der Waals surface area contributed by atoms with Crippen LogP contribution in [0.15, 0.2) is 34.3 Å². The Kier molecular flexibility index (Phi) is 7.74. The molecule has 0 radical (unpaired) electrons. The first-order chi connectivity index (χ1) is 13.2. The molecule has 0 bridgehead atoms. The molecular formula is C20H32N4O3S. The maximum atomic E-state index is 12.9. The third kappa shape index (κ3) is 5.40. The Hall–Kier alpha value is -1.77. The number of nitrogens with zero attached hydrogens (tertiary/aromatic N) is 3. The van der Waals surface area contributed by atoms with Crippen LogP contribution in [-0.2, 0) is 10.0 Å². The summed E-state index contributed by atoms with van der Waals surface area (Å²) >= 11 is 0. The molecule has 0 aliphatic carbocycles. The van der Waals surface area contributed by atoms with Crippen molar-refractivity contribution in [3.8, 4) is 0 Å². The van der Waals surface area contributed by atoms with Crippen molar-refractivity contribution >= 4 is 21.6 Å². The van der Waals surface area contributed by atoms with Gasteiger partial charge in [0.2, 0.25) is 10.0 Å². The summed E-state index contributed by atoms with van der Waals surface area (Å²) in [5.41, 5.74) is 3.77. The highest BCUT2D eigenvalue weighted by molar-refractivity contribution is 7.89. The van der Waals surface area contributed by atoms with Crippen LogP contribution in [0.4, 0.5) is 0 Å². The minimum atomic E-state index is -3.58. The zero-order chi connectivity index (χ0) is 20.9. The highest BCUT2D eigenvalue weighted by atomic mass is 32.2. The lowest BCUT2D eigenvalue weighted by atomic mass is 10.1. The number of sulfonamides is 1. The van der Waals surface area contributed by atoms with Gasteiger partial charge in [0.05, 0.1) is 4.90 Å². The predicted octanol–water partition coefficient (Wildman–Crippen LogP) is 2.55. The molecule has 1 atom stereocenters. The van der Waals surface area contributed by atoms with Crippen molar-refractivity contribution in [3.63, 3.8) is 0 Å². The van der Waals surface area contributed by atoms with Crippen molar-refractivity contribution < 1.29 is 13.2 Å². The fourth-order valence-corrected chi connectivity index (χ4v) is 4.52. The lowest BCUT2D eigenvalue weighted by Crippen LogP contribution is -2.44. The van der Waals surface area contributed by atoms with E-state index in [0.29, 0.717) is 11.5 Å². The number of carbonyl (C=O) groups is 1. The normalized spacial score (nSPS) is 18.3. The highest BCUT2D eigenvalue weighted by Gasteiger charge is 2.30. The zero-order valence-electron chi connectivity index (χ0n) is 17.5. The zero-order valence-corrected chi connectivity index (χ0v) is 18.3. The van der Waals surface area contributed by atoms with Crippen molar-refractivity contribution in [1.82, 2.24) is 14.6 Å². The van der Waals surface area contributed by atoms with Gasteiger partial charge in [-0.2, -0.15) is 9.41 Å². The Morgan fingerprint density at radius 2 is 1.86 bits per heavy atom. The standard InChI is InChI=1S/C20H32N4O3S/c1-6-15(2)16(3)21-22-20(25)17-7-9-19(10-8-17)28(26,27)24(5)18-11-13-23(4)14-12-18/h7-10,15,18H,6,11-14H2,1-5H3,(H,22,25)/b21-16-/t15-/m1/s1. The van der Waals surface area contributed by atoms with Gasteiger partial charge in [-0.25, -0.2) is 13.8 Å². The predicted molar refractivity (Wildman–Crippen MR) is 112 cm³/mol. The molecule has 7 nitrogen and oxygen atoms in total. The Bertz CT molecular complexity index is 797. The van der Waals surface area contributed by atoms with Crippen molar-refractivity contribution in [2.45, 2.75) is 51.0 Å². The lowest BCUT2D eigenvalue weighted by Gasteiger charge is -2.34. The second-order valence-corrected chi connectivity index (χ2v) is 9.58. The molecule has 8 heteroatoms. The molecule has 0 unspecified atom stereocenters. The fourth-order valence-electron chi connectivity index (χ4n) is 3.11. The maximum Gasteiger partial charge on any atom is 0.271 e. The SMILES string of the molecule is CC[C@@H](C)/C(C)=N\NC(=O)c1ccc(S(=O)(=O)N(C)C2CCN(C)CC2)cc1. The van der Waals surface area contributed by atoms with Crippen LogP contribution in [0.1, 0.15) is 50.4 Å². The van der Waals surface area contributed by atoms with E-state index in [4.69, 9.17) is 0 Å². The van der Waals surface area contributed by atoms with E-state index >= 15 is 0 Å². The van der Waals surface area contributed by atoms with Crippen molar-refractivity contribution in [1.29, 1.82) is 0 Å². The molecule has 0 saturated carbocycles. The van der Waals surface area contributed by atoms with Gasteiger partial charge in [-0.15, -0.1) is 0 Å². The van der Waals surface area contributed by atoms with E-state index in [1.54, 1.807) is 7.05 Å². The van der Waals surface area contributed by atoms with Crippen LogP contribution < -0.4 is 5.43 Å². The summed E-state index contributed by atoms with van der Waals surface area (Å²) in [6.07, 6.45) is 2.59. The summed E-state index contributed by atoms with van der Waals surface area (Å²) in [5, 5.41) is 4.12. The second-order valence-electron chi connectivity index (χ2n) is 7.58. The fraction of sp³-hybridized carbons (Fsp3) is 0.600. The summed E-state index contributed by atoms with van der Waals surface area (Å²) in [7, 11) is 0.0985. The molecule has 1 N–H and O–H groups in total. The van der Waals surface area contributed by atoms with Gasteiger partial charge in [-0.3, -0.25) is 4.79 Å². The number of carbonyl (C=O) groups excluding carboxylic acids is 1. The Balaban J connectivity index is 2.07. The highest BCUT2D eigenvalue weighted by Crippen LogP contribution is 2.22. The van der Waals surface area contributed by atoms with E-state index in [1.807, 2.05) is 20.9 Å². The van der Waals surface area contributed by atoms with Crippen LogP contribution in [-0.4, -0.2) is 62.5 Å². The first-order valence-corrected chi connectivity index (χ1v) is 11.2. The van der Waals surface area contributed by atoms with Gasteiger partial charge in [0.15, 0.2) is 0 Å². The molecular weight excluding hydrogens is 376 g/mol. The summed E-state index contributed by atoms with van der Waals surface area (Å²) in [5.74, 6) is -0.0572. The minimum absolute atomic E-state index is 0.00189. The molecule has 2 rings (SSSR count). The second kappa shape index (κ2) is 9.62. The lowest BCUT2D eigenvalue weighted by molar-refractivity contribution is 0.0954. The molecule has 28 heavy (non-hydrogen) atoms. The molecule has 156 valence electrons. The van der Waals surface area contributed by atoms with Crippen molar-refractivity contribution in [3.05, 3.63) is 29.8 Å². The number of hydrazone groups is 1. The van der Waals surface area contributed by atoms with E-state index in [9.17, 15) is 13.2 Å². The number of benzene rings is 1. The number of likely N-dealkylation sites (tertiary alicyclic amines) is 1. The van der Waals surface area contributed by atoms with E-state index in [1.165, 1.54) is 28.6 Å². The number of amides is 1. The topological polar surface area (TPSA) is 82.1 Å². The van der Waals surface area contributed by atoms with Gasteiger partial charge >= 0.3 is 0 Å². The average molecular weight is 409 g/mol. The Labute approximate surface area is 168 Å². The molecule has 0 aromatic heterocycles. The monoisotopic (exact) mass is 408 g/mol. The molecule has 1 amide bonds. The van der Waals surface area contributed by atoms with E-state index in [-0.39, 0.29) is 16.8 Å². The number of hydrogen-bond acceptors (Lipinski definition) is 5. The van der Waals surface area contributed by atoms with E-state index < -0.39 is 10.0 Å². The molecule has 1 heterocycles. The summed E-state index contributed by atoms with van der Waals surface area (Å²) < 4.78 is 27.3. The van der Waals surface area contributed by atoms with Crippen LogP contribution in [0, 0.1) is 5.92 Å². The van der Waals surface area contributed by atoms with Crippen LogP contribution in [0.25, 0.3) is 0 Å². The van der Waals surface area contributed by atoms with Crippen LogP contribution >= 0.6 is 0 Å². The summed E-state index contributed by atoms with van der Waals surface area (Å²) in [6, 6.07) is 6.03. The van der Waals surface area contributed by atoms with Crippen LogP contribution in [0.5, 0.6) is 0 Å². The van der Waals surface area contributed by atoms with Gasteiger partial charge in [-0.05, 0) is 76.5 Å². The van der Waals surface area contributed by atoms with Crippen LogP contribution in [0.2, 0.25) is 0 Å². The molecule has 1 saturated heterocycles. The maximum absolute atomic E-state index is 12.9. The number of hydrogen-bond donors (Lipinski definition) is 1. The van der Waals surface area contributed by atoms with Crippen molar-refractivity contribution in [2.24, 2.45) is 11.0 Å². The smallest absolute Gasteiger partial charge is 0.271 e. The number of rotatable bonds is 7. The van der Waals surface area contributed by atoms with Gasteiger partial charge < -0.3 is 4.90 Å². The van der Waals surface area contributed by atoms with E-state index in [2.05, 4.69) is 22.4 Å². The quantitative estimate of drug-likeness (QED) is 0.555.